The molecule has 9 nitrogen and oxygen atoms in total. The number of nitrogens with zero attached hydrogens (tertiary/aromatic N) is 6. The molecule has 2 aromatic heterocycles. The summed E-state index contributed by atoms with van der Waals surface area (Å²) in [7, 11) is 2.95. The van der Waals surface area contributed by atoms with E-state index in [-0.39, 0.29) is 24.9 Å². The van der Waals surface area contributed by atoms with Crippen molar-refractivity contribution < 1.29 is 14.6 Å². The molecule has 10 heteroatoms. The molecule has 0 aliphatic rings. The van der Waals surface area contributed by atoms with Crippen molar-refractivity contribution in [2.45, 2.75) is 6.54 Å². The van der Waals surface area contributed by atoms with Crippen molar-refractivity contribution in [1.29, 1.82) is 0 Å². The zero-order valence-corrected chi connectivity index (χ0v) is 13.1. The molecule has 3 rings (SSSR count). The molecule has 0 aliphatic heterocycles. The Balaban J connectivity index is 2.30. The number of aliphatic hydroxyl groups excluding tert-OH is 1. The molecule has 0 unspecified atom stereocenters. The lowest BCUT2D eigenvalue weighted by molar-refractivity contribution is 0.269. The van der Waals surface area contributed by atoms with Crippen LogP contribution in [0, 0.1) is 0 Å². The molecule has 0 bridgehead atoms. The standard InChI is InChI=1S/C13H13ClN6O3/c1-22-12-13(23-2)16-10-8(15-12)4-3-7(14)9(10)11-17-18-19-20(11)5-6-21/h3-4,21H,5-6H2,1-2H3. The average molecular weight is 337 g/mol. The van der Waals surface area contributed by atoms with Gasteiger partial charge in [-0.1, -0.05) is 11.6 Å². The number of benzene rings is 1. The van der Waals surface area contributed by atoms with Gasteiger partial charge in [0.05, 0.1) is 43.5 Å². The summed E-state index contributed by atoms with van der Waals surface area (Å²) < 4.78 is 11.8. The van der Waals surface area contributed by atoms with E-state index in [1.165, 1.54) is 18.9 Å². The third-order valence-corrected chi connectivity index (χ3v) is 3.49. The van der Waals surface area contributed by atoms with Crippen LogP contribution in [-0.2, 0) is 6.54 Å². The Morgan fingerprint density at radius 2 is 1.91 bits per heavy atom. The second-order valence-corrected chi connectivity index (χ2v) is 4.89. The largest absolute Gasteiger partial charge is 0.477 e. The highest BCUT2D eigenvalue weighted by Crippen LogP contribution is 2.35. The summed E-state index contributed by atoms with van der Waals surface area (Å²) in [5, 5.41) is 21.0. The summed E-state index contributed by atoms with van der Waals surface area (Å²) in [6, 6.07) is 3.40. The SMILES string of the molecule is COc1nc2ccc(Cl)c(-c3nnnn3CCO)c2nc1OC. The van der Waals surface area contributed by atoms with Gasteiger partial charge in [-0.2, -0.15) is 0 Å². The number of rotatable bonds is 5. The molecule has 0 aliphatic carbocycles. The van der Waals surface area contributed by atoms with Crippen molar-refractivity contribution in [3.63, 3.8) is 0 Å². The Labute approximate surface area is 135 Å². The predicted molar refractivity (Wildman–Crippen MR) is 81.5 cm³/mol. The van der Waals surface area contributed by atoms with Crippen LogP contribution in [0.1, 0.15) is 0 Å². The van der Waals surface area contributed by atoms with Gasteiger partial charge in [0.2, 0.25) is 0 Å². The van der Waals surface area contributed by atoms with Gasteiger partial charge in [0, 0.05) is 0 Å². The van der Waals surface area contributed by atoms with Crippen LogP contribution in [0.2, 0.25) is 5.02 Å². The van der Waals surface area contributed by atoms with Gasteiger partial charge in [0.25, 0.3) is 11.8 Å². The van der Waals surface area contributed by atoms with E-state index >= 15 is 0 Å². The molecule has 0 fully saturated rings. The Morgan fingerprint density at radius 3 is 2.61 bits per heavy atom. The van der Waals surface area contributed by atoms with Crippen LogP contribution < -0.4 is 9.47 Å². The summed E-state index contributed by atoms with van der Waals surface area (Å²) >= 11 is 6.32. The van der Waals surface area contributed by atoms with E-state index in [4.69, 9.17) is 26.2 Å². The molecule has 0 atom stereocenters. The number of hydrogen-bond donors (Lipinski definition) is 1. The summed E-state index contributed by atoms with van der Waals surface area (Å²) in [6.07, 6.45) is 0. The second-order valence-electron chi connectivity index (χ2n) is 4.48. The summed E-state index contributed by atoms with van der Waals surface area (Å²) in [5.74, 6) is 0.879. The normalized spacial score (nSPS) is 11.0. The molecule has 120 valence electrons. The van der Waals surface area contributed by atoms with E-state index in [1.807, 2.05) is 0 Å². The fourth-order valence-electron chi connectivity index (χ4n) is 2.17. The minimum atomic E-state index is -0.108. The zero-order chi connectivity index (χ0) is 16.4. The lowest BCUT2D eigenvalue weighted by Crippen LogP contribution is -2.07. The lowest BCUT2D eigenvalue weighted by Gasteiger charge is -2.11. The summed E-state index contributed by atoms with van der Waals surface area (Å²) in [5.41, 5.74) is 1.54. The van der Waals surface area contributed by atoms with Crippen LogP contribution in [0.3, 0.4) is 0 Å². The van der Waals surface area contributed by atoms with Gasteiger partial charge in [-0.05, 0) is 22.6 Å². The van der Waals surface area contributed by atoms with Crippen molar-refractivity contribution in [1.82, 2.24) is 30.2 Å². The maximum absolute atomic E-state index is 9.13. The van der Waals surface area contributed by atoms with Crippen molar-refractivity contribution in [3.05, 3.63) is 17.2 Å². The van der Waals surface area contributed by atoms with Crippen LogP contribution in [0.5, 0.6) is 11.8 Å². The van der Waals surface area contributed by atoms with Crippen molar-refractivity contribution in [3.8, 4) is 23.1 Å². The number of halogens is 1. The van der Waals surface area contributed by atoms with E-state index in [2.05, 4.69) is 25.5 Å². The number of ether oxygens (including phenoxy) is 2. The maximum atomic E-state index is 9.13. The highest BCUT2D eigenvalue weighted by atomic mass is 35.5. The van der Waals surface area contributed by atoms with Crippen LogP contribution in [0.15, 0.2) is 12.1 Å². The fraction of sp³-hybridized carbons (Fsp3) is 0.308. The molecule has 0 amide bonds. The topological polar surface area (TPSA) is 108 Å². The lowest BCUT2D eigenvalue weighted by atomic mass is 10.1. The molecule has 23 heavy (non-hydrogen) atoms. The first-order valence-corrected chi connectivity index (χ1v) is 7.03. The Kier molecular flexibility index (Phi) is 4.22. The number of aromatic nitrogens is 6. The van der Waals surface area contributed by atoms with E-state index in [1.54, 1.807) is 12.1 Å². The van der Waals surface area contributed by atoms with E-state index < -0.39 is 0 Å². The smallest absolute Gasteiger partial charge is 0.278 e. The Hall–Kier alpha value is -2.52. The fourth-order valence-corrected chi connectivity index (χ4v) is 2.41. The van der Waals surface area contributed by atoms with E-state index in [0.29, 0.717) is 27.4 Å². The molecule has 1 N–H and O–H groups in total. The molecule has 0 saturated heterocycles. The third kappa shape index (κ3) is 2.64. The molecular formula is C13H13ClN6O3. The molecule has 0 saturated carbocycles. The summed E-state index contributed by atoms with van der Waals surface area (Å²) in [4.78, 5) is 8.77. The number of aliphatic hydroxyl groups is 1. The third-order valence-electron chi connectivity index (χ3n) is 3.18. The predicted octanol–water partition coefficient (Wildman–Crippen LogP) is 0.946. The van der Waals surface area contributed by atoms with Gasteiger partial charge < -0.3 is 14.6 Å². The van der Waals surface area contributed by atoms with Crippen LogP contribution in [0.4, 0.5) is 0 Å². The van der Waals surface area contributed by atoms with Gasteiger partial charge in [0.15, 0.2) is 5.82 Å². The van der Waals surface area contributed by atoms with Crippen molar-refractivity contribution in [2.24, 2.45) is 0 Å². The first-order chi connectivity index (χ1) is 11.2. The molecule has 3 aromatic rings. The number of methoxy groups -OCH3 is 2. The van der Waals surface area contributed by atoms with Crippen molar-refractivity contribution >= 4 is 22.6 Å². The summed E-state index contributed by atoms with van der Waals surface area (Å²) in [6.45, 7) is 0.124. The molecular weight excluding hydrogens is 324 g/mol. The molecule has 0 spiro atoms. The molecule has 0 radical (unpaired) electrons. The quantitative estimate of drug-likeness (QED) is 0.733. The van der Waals surface area contributed by atoms with Crippen LogP contribution in [-0.4, -0.2) is 56.1 Å². The molecule has 2 heterocycles. The number of hydrogen-bond acceptors (Lipinski definition) is 8. The second kappa shape index (κ2) is 6.31. The average Bonchev–Trinajstić information content (AvgIpc) is 3.01. The minimum absolute atomic E-state index is 0.108. The van der Waals surface area contributed by atoms with Gasteiger partial charge in [-0.15, -0.1) is 5.10 Å². The number of fused-ring (bicyclic) bond motifs is 1. The Bertz CT molecular complexity index is 853. The highest BCUT2D eigenvalue weighted by Gasteiger charge is 2.20. The van der Waals surface area contributed by atoms with Crippen molar-refractivity contribution in [2.75, 3.05) is 20.8 Å². The Morgan fingerprint density at radius 1 is 1.17 bits per heavy atom. The van der Waals surface area contributed by atoms with E-state index in [0.717, 1.165) is 0 Å². The highest BCUT2D eigenvalue weighted by molar-refractivity contribution is 6.34. The maximum Gasteiger partial charge on any atom is 0.278 e. The number of tetrazole rings is 1. The van der Waals surface area contributed by atoms with Gasteiger partial charge >= 0.3 is 0 Å². The van der Waals surface area contributed by atoms with Gasteiger partial charge in [-0.25, -0.2) is 14.6 Å². The van der Waals surface area contributed by atoms with Crippen LogP contribution >= 0.6 is 11.6 Å². The van der Waals surface area contributed by atoms with Gasteiger partial charge in [-0.3, -0.25) is 0 Å². The van der Waals surface area contributed by atoms with E-state index in [9.17, 15) is 0 Å². The molecule has 1 aromatic carbocycles. The minimum Gasteiger partial charge on any atom is -0.477 e. The van der Waals surface area contributed by atoms with Gasteiger partial charge in [0.1, 0.15) is 5.52 Å². The first-order valence-electron chi connectivity index (χ1n) is 6.65. The zero-order valence-electron chi connectivity index (χ0n) is 12.4. The first kappa shape index (κ1) is 15.4. The monoisotopic (exact) mass is 336 g/mol. The van der Waals surface area contributed by atoms with Crippen LogP contribution in [0.25, 0.3) is 22.4 Å².